The van der Waals surface area contributed by atoms with Crippen molar-refractivity contribution in [3.63, 3.8) is 0 Å². The Morgan fingerprint density at radius 1 is 0.875 bits per heavy atom. The normalized spacial score (nSPS) is 12.4. The number of hydrogen-bond donors (Lipinski definition) is 0. The van der Waals surface area contributed by atoms with E-state index in [0.29, 0.717) is 0 Å². The average Bonchev–Trinajstić information content (AvgIpc) is 2.34. The third-order valence-corrected chi connectivity index (χ3v) is 2.62. The van der Waals surface area contributed by atoms with E-state index in [-0.39, 0.29) is 6.10 Å². The second kappa shape index (κ2) is 4.95. The van der Waals surface area contributed by atoms with Crippen molar-refractivity contribution in [2.45, 2.75) is 6.10 Å². The lowest BCUT2D eigenvalue weighted by Crippen LogP contribution is -2.02. The molecule has 2 rings (SSSR count). The van der Waals surface area contributed by atoms with E-state index in [1.165, 1.54) is 5.56 Å². The summed E-state index contributed by atoms with van der Waals surface area (Å²) in [7, 11) is 1.73. The Labute approximate surface area is 96.7 Å². The first kappa shape index (κ1) is 10.9. The van der Waals surface area contributed by atoms with Gasteiger partial charge in [0.1, 0.15) is 6.10 Å². The van der Waals surface area contributed by atoms with Crippen LogP contribution in [0.4, 0.5) is 0 Å². The Morgan fingerprint density at radius 2 is 1.44 bits per heavy atom. The van der Waals surface area contributed by atoms with Crippen LogP contribution in [-0.4, -0.2) is 7.11 Å². The lowest BCUT2D eigenvalue weighted by Gasteiger charge is -2.16. The van der Waals surface area contributed by atoms with Crippen LogP contribution in [0.2, 0.25) is 0 Å². The number of ether oxygens (including phenoxy) is 1. The first-order chi connectivity index (χ1) is 7.81. The van der Waals surface area contributed by atoms with Crippen molar-refractivity contribution in [1.82, 2.24) is 0 Å². The maximum Gasteiger partial charge on any atom is 0.107 e. The molecule has 0 bridgehead atoms. The second-order valence-corrected chi connectivity index (χ2v) is 3.77. The van der Waals surface area contributed by atoms with Crippen molar-refractivity contribution in [2.24, 2.45) is 0 Å². The van der Waals surface area contributed by atoms with Crippen molar-refractivity contribution in [1.29, 1.82) is 0 Å². The van der Waals surface area contributed by atoms with E-state index in [1.807, 2.05) is 30.3 Å². The molecular weight excluding hydrogens is 196 g/mol. The zero-order chi connectivity index (χ0) is 11.4. The van der Waals surface area contributed by atoms with E-state index in [0.717, 1.165) is 11.1 Å². The van der Waals surface area contributed by atoms with Gasteiger partial charge in [0.25, 0.3) is 0 Å². The molecule has 0 amide bonds. The highest BCUT2D eigenvalue weighted by Crippen LogP contribution is 2.25. The minimum Gasteiger partial charge on any atom is -0.372 e. The van der Waals surface area contributed by atoms with Crippen LogP contribution in [-0.2, 0) is 4.74 Å². The van der Waals surface area contributed by atoms with Crippen molar-refractivity contribution in [3.8, 4) is 0 Å². The first-order valence-electron chi connectivity index (χ1n) is 5.31. The van der Waals surface area contributed by atoms with Crippen LogP contribution in [0.15, 0.2) is 54.6 Å². The van der Waals surface area contributed by atoms with Crippen LogP contribution in [0, 0.1) is 6.92 Å². The quantitative estimate of drug-likeness (QED) is 0.753. The maximum atomic E-state index is 5.54. The smallest absolute Gasteiger partial charge is 0.107 e. The summed E-state index contributed by atoms with van der Waals surface area (Å²) < 4.78 is 5.54. The van der Waals surface area contributed by atoms with Crippen molar-refractivity contribution in [3.05, 3.63) is 78.2 Å². The summed E-state index contributed by atoms with van der Waals surface area (Å²) in [6.07, 6.45) is 0.00167. The fourth-order valence-corrected chi connectivity index (χ4v) is 1.78. The fraction of sp³-hybridized carbons (Fsp3) is 0.133. The van der Waals surface area contributed by atoms with Crippen LogP contribution < -0.4 is 0 Å². The standard InChI is InChI=1S/C15H15O/c1-12-8-10-14(11-9-12)15(16-2)13-6-4-3-5-7-13/h3-11,15H,1H2,2H3. The van der Waals surface area contributed by atoms with Crippen LogP contribution >= 0.6 is 0 Å². The third kappa shape index (κ3) is 2.31. The average molecular weight is 211 g/mol. The van der Waals surface area contributed by atoms with E-state index < -0.39 is 0 Å². The van der Waals surface area contributed by atoms with Crippen molar-refractivity contribution in [2.75, 3.05) is 7.11 Å². The highest BCUT2D eigenvalue weighted by Gasteiger charge is 2.11. The van der Waals surface area contributed by atoms with Crippen molar-refractivity contribution < 1.29 is 4.74 Å². The zero-order valence-corrected chi connectivity index (χ0v) is 9.39. The monoisotopic (exact) mass is 211 g/mol. The molecule has 0 aliphatic rings. The third-order valence-electron chi connectivity index (χ3n) is 2.62. The summed E-state index contributed by atoms with van der Waals surface area (Å²) in [6.45, 7) is 3.88. The molecule has 1 unspecified atom stereocenters. The predicted molar refractivity (Wildman–Crippen MR) is 66.2 cm³/mol. The Kier molecular flexibility index (Phi) is 3.37. The molecule has 0 aliphatic carbocycles. The number of benzene rings is 2. The van der Waals surface area contributed by atoms with Crippen LogP contribution in [0.5, 0.6) is 0 Å². The molecule has 16 heavy (non-hydrogen) atoms. The Bertz CT molecular complexity index is 431. The molecule has 1 heteroatoms. The van der Waals surface area contributed by atoms with Crippen LogP contribution in [0.25, 0.3) is 0 Å². The highest BCUT2D eigenvalue weighted by molar-refractivity contribution is 5.32. The molecule has 0 saturated carbocycles. The largest absolute Gasteiger partial charge is 0.372 e. The van der Waals surface area contributed by atoms with E-state index in [1.54, 1.807) is 7.11 Å². The molecule has 0 saturated heterocycles. The van der Waals surface area contributed by atoms with Gasteiger partial charge in [-0.15, -0.1) is 0 Å². The maximum absolute atomic E-state index is 5.54. The van der Waals surface area contributed by atoms with Gasteiger partial charge in [-0.25, -0.2) is 0 Å². The minimum atomic E-state index is 0.00167. The summed E-state index contributed by atoms with van der Waals surface area (Å²) in [5.41, 5.74) is 3.34. The SMILES string of the molecule is [CH2]c1ccc(C(OC)c2ccccc2)cc1. The molecule has 1 radical (unpaired) electrons. The highest BCUT2D eigenvalue weighted by atomic mass is 16.5. The van der Waals surface area contributed by atoms with Gasteiger partial charge >= 0.3 is 0 Å². The molecule has 2 aromatic carbocycles. The van der Waals surface area contributed by atoms with Gasteiger partial charge in [-0.3, -0.25) is 0 Å². The van der Waals surface area contributed by atoms with Gasteiger partial charge in [-0.05, 0) is 23.6 Å². The number of methoxy groups -OCH3 is 1. The number of rotatable bonds is 3. The van der Waals surface area contributed by atoms with E-state index >= 15 is 0 Å². The van der Waals surface area contributed by atoms with Crippen molar-refractivity contribution >= 4 is 0 Å². The Balaban J connectivity index is 2.33. The molecule has 0 fully saturated rings. The molecule has 0 N–H and O–H groups in total. The van der Waals surface area contributed by atoms with Gasteiger partial charge in [0.15, 0.2) is 0 Å². The van der Waals surface area contributed by atoms with Gasteiger partial charge in [-0.1, -0.05) is 54.6 Å². The molecular formula is C15H15O. The molecule has 1 atom stereocenters. The molecule has 0 spiro atoms. The summed E-state index contributed by atoms with van der Waals surface area (Å²) in [5.74, 6) is 0. The topological polar surface area (TPSA) is 9.23 Å². The molecule has 2 aromatic rings. The predicted octanol–water partition coefficient (Wildman–Crippen LogP) is 3.60. The summed E-state index contributed by atoms with van der Waals surface area (Å²) in [5, 5.41) is 0. The fourth-order valence-electron chi connectivity index (χ4n) is 1.78. The molecule has 81 valence electrons. The van der Waals surface area contributed by atoms with E-state index in [9.17, 15) is 0 Å². The summed E-state index contributed by atoms with van der Waals surface area (Å²) in [4.78, 5) is 0. The zero-order valence-electron chi connectivity index (χ0n) is 9.39. The van der Waals surface area contributed by atoms with Crippen LogP contribution in [0.1, 0.15) is 22.8 Å². The van der Waals surface area contributed by atoms with Gasteiger partial charge in [0.05, 0.1) is 0 Å². The van der Waals surface area contributed by atoms with Gasteiger partial charge < -0.3 is 4.74 Å². The van der Waals surface area contributed by atoms with Gasteiger partial charge in [0, 0.05) is 7.11 Å². The van der Waals surface area contributed by atoms with Gasteiger partial charge in [0.2, 0.25) is 0 Å². The first-order valence-corrected chi connectivity index (χ1v) is 5.31. The van der Waals surface area contributed by atoms with E-state index in [4.69, 9.17) is 4.74 Å². The molecule has 1 nitrogen and oxygen atoms in total. The summed E-state index contributed by atoms with van der Waals surface area (Å²) >= 11 is 0. The molecule has 0 heterocycles. The lowest BCUT2D eigenvalue weighted by molar-refractivity contribution is 0.136. The minimum absolute atomic E-state index is 0.00167. The molecule has 0 aromatic heterocycles. The second-order valence-electron chi connectivity index (χ2n) is 3.77. The Morgan fingerprint density at radius 3 is 2.00 bits per heavy atom. The van der Waals surface area contributed by atoms with Crippen LogP contribution in [0.3, 0.4) is 0 Å². The summed E-state index contributed by atoms with van der Waals surface area (Å²) in [6, 6.07) is 18.3. The van der Waals surface area contributed by atoms with Gasteiger partial charge in [-0.2, -0.15) is 0 Å². The lowest BCUT2D eigenvalue weighted by atomic mass is 10.0. The Hall–Kier alpha value is -1.60. The molecule has 0 aliphatic heterocycles. The van der Waals surface area contributed by atoms with E-state index in [2.05, 4.69) is 31.2 Å². The number of hydrogen-bond acceptors (Lipinski definition) is 1.